The Kier molecular flexibility index (Phi) is 5.05. The lowest BCUT2D eigenvalue weighted by Crippen LogP contribution is -2.51. The third kappa shape index (κ3) is 3.31. The van der Waals surface area contributed by atoms with Crippen molar-refractivity contribution in [2.45, 2.75) is 49.6 Å². The van der Waals surface area contributed by atoms with E-state index in [9.17, 15) is 8.42 Å². The van der Waals surface area contributed by atoms with Gasteiger partial charge in [0, 0.05) is 38.5 Å². The molecule has 3 heterocycles. The predicted octanol–water partition coefficient (Wildman–Crippen LogP) is 0.983. The summed E-state index contributed by atoms with van der Waals surface area (Å²) in [6.07, 6.45) is 6.77. The molecule has 1 aromatic heterocycles. The first-order valence-corrected chi connectivity index (χ1v) is 9.82. The van der Waals surface area contributed by atoms with Crippen molar-refractivity contribution in [1.82, 2.24) is 14.1 Å². The lowest BCUT2D eigenvalue weighted by Gasteiger charge is -2.38. The van der Waals surface area contributed by atoms with Crippen LogP contribution in [0.25, 0.3) is 0 Å². The molecule has 0 radical (unpaired) electrons. The maximum Gasteiger partial charge on any atom is 0.246 e. The van der Waals surface area contributed by atoms with Gasteiger partial charge in [0.05, 0.1) is 12.2 Å². The zero-order valence-corrected chi connectivity index (χ0v) is 14.4. The van der Waals surface area contributed by atoms with Crippen LogP contribution in [0.3, 0.4) is 0 Å². The maximum atomic E-state index is 13.0. The average molecular weight is 342 g/mol. The molecular formula is C15H26N4O3S. The predicted molar refractivity (Wildman–Crippen MR) is 86.4 cm³/mol. The fraction of sp³-hybridized carbons (Fsp3) is 0.800. The molecule has 2 saturated heterocycles. The lowest BCUT2D eigenvalue weighted by atomic mass is 9.93. The minimum atomic E-state index is -3.54. The topological polar surface area (TPSA) is 90.5 Å². The number of nitrogens with two attached hydrogens (primary N) is 1. The highest BCUT2D eigenvalue weighted by molar-refractivity contribution is 7.89. The Morgan fingerprint density at radius 3 is 2.78 bits per heavy atom. The number of aromatic nitrogens is 2. The van der Waals surface area contributed by atoms with Gasteiger partial charge in [0.1, 0.15) is 4.90 Å². The van der Waals surface area contributed by atoms with E-state index in [1.54, 1.807) is 15.2 Å². The summed E-state index contributed by atoms with van der Waals surface area (Å²) in [5, 5.41) is 4.29. The van der Waals surface area contributed by atoms with Gasteiger partial charge in [-0.2, -0.15) is 9.40 Å². The molecule has 130 valence electrons. The van der Waals surface area contributed by atoms with E-state index >= 15 is 0 Å². The Morgan fingerprint density at radius 1 is 1.35 bits per heavy atom. The van der Waals surface area contributed by atoms with Crippen molar-refractivity contribution in [2.75, 3.05) is 26.3 Å². The van der Waals surface area contributed by atoms with Crippen molar-refractivity contribution in [2.24, 2.45) is 11.7 Å². The van der Waals surface area contributed by atoms with Gasteiger partial charge in [-0.1, -0.05) is 6.92 Å². The van der Waals surface area contributed by atoms with Crippen LogP contribution >= 0.6 is 0 Å². The second kappa shape index (κ2) is 6.88. The highest BCUT2D eigenvalue weighted by atomic mass is 32.2. The fourth-order valence-corrected chi connectivity index (χ4v) is 5.31. The molecule has 0 spiro atoms. The summed E-state index contributed by atoms with van der Waals surface area (Å²) in [4.78, 5) is 0.275. The lowest BCUT2D eigenvalue weighted by molar-refractivity contribution is 0.0662. The first kappa shape index (κ1) is 16.9. The second-order valence-corrected chi connectivity index (χ2v) is 8.43. The van der Waals surface area contributed by atoms with Crippen molar-refractivity contribution in [3.8, 4) is 0 Å². The van der Waals surface area contributed by atoms with E-state index in [0.717, 1.165) is 25.7 Å². The number of ether oxygens (including phenoxy) is 1. The molecule has 0 aliphatic carbocycles. The van der Waals surface area contributed by atoms with Crippen molar-refractivity contribution in [1.29, 1.82) is 0 Å². The van der Waals surface area contributed by atoms with E-state index in [2.05, 4.69) is 12.0 Å². The van der Waals surface area contributed by atoms with Crippen molar-refractivity contribution in [3.63, 3.8) is 0 Å². The zero-order valence-electron chi connectivity index (χ0n) is 13.6. The van der Waals surface area contributed by atoms with Crippen LogP contribution in [-0.4, -0.2) is 54.8 Å². The summed E-state index contributed by atoms with van der Waals surface area (Å²) in [6.45, 7) is 4.37. The molecule has 23 heavy (non-hydrogen) atoms. The van der Waals surface area contributed by atoms with E-state index in [0.29, 0.717) is 26.3 Å². The van der Waals surface area contributed by atoms with Crippen LogP contribution in [0.1, 0.15) is 38.6 Å². The number of sulfonamides is 1. The molecular weight excluding hydrogens is 316 g/mol. The Hall–Kier alpha value is -0.960. The Balaban J connectivity index is 1.83. The van der Waals surface area contributed by atoms with Gasteiger partial charge >= 0.3 is 0 Å². The summed E-state index contributed by atoms with van der Waals surface area (Å²) < 4.78 is 34.7. The molecule has 0 aromatic carbocycles. The third-order valence-corrected chi connectivity index (χ3v) is 6.93. The minimum absolute atomic E-state index is 0.125. The van der Waals surface area contributed by atoms with Crippen LogP contribution in [-0.2, 0) is 14.8 Å². The number of piperidine rings is 1. The monoisotopic (exact) mass is 342 g/mol. The van der Waals surface area contributed by atoms with Gasteiger partial charge in [-0.3, -0.25) is 4.68 Å². The van der Waals surface area contributed by atoms with Crippen LogP contribution in [0, 0.1) is 5.92 Å². The molecule has 0 saturated carbocycles. The first-order valence-electron chi connectivity index (χ1n) is 8.38. The van der Waals surface area contributed by atoms with Gasteiger partial charge in [-0.15, -0.1) is 0 Å². The first-order chi connectivity index (χ1) is 11.0. The molecule has 2 aliphatic rings. The molecule has 2 aliphatic heterocycles. The normalized spacial score (nSPS) is 28.1. The van der Waals surface area contributed by atoms with Gasteiger partial charge in [0.15, 0.2) is 0 Å². The third-order valence-electron chi connectivity index (χ3n) is 5.06. The van der Waals surface area contributed by atoms with E-state index in [1.165, 1.54) is 6.20 Å². The second-order valence-electron chi connectivity index (χ2n) is 6.54. The SMILES string of the molecule is C[C@H]1CCCN(S(=O)(=O)c2cnn(C3CCOCC3)c2)[C@H]1CN. The van der Waals surface area contributed by atoms with Crippen LogP contribution < -0.4 is 5.73 Å². The number of nitrogens with zero attached hydrogens (tertiary/aromatic N) is 3. The van der Waals surface area contributed by atoms with Gasteiger partial charge in [0.2, 0.25) is 10.0 Å². The molecule has 8 heteroatoms. The summed E-state index contributed by atoms with van der Waals surface area (Å²) >= 11 is 0. The molecule has 3 rings (SSSR count). The minimum Gasteiger partial charge on any atom is -0.381 e. The van der Waals surface area contributed by atoms with E-state index in [4.69, 9.17) is 10.5 Å². The van der Waals surface area contributed by atoms with Gasteiger partial charge in [0.25, 0.3) is 0 Å². The molecule has 2 N–H and O–H groups in total. The molecule has 0 bridgehead atoms. The van der Waals surface area contributed by atoms with Gasteiger partial charge in [-0.05, 0) is 31.6 Å². The number of hydrogen-bond acceptors (Lipinski definition) is 5. The summed E-state index contributed by atoms with van der Waals surface area (Å²) in [7, 11) is -3.54. The van der Waals surface area contributed by atoms with Crippen molar-refractivity contribution < 1.29 is 13.2 Å². The molecule has 2 atom stereocenters. The molecule has 2 fully saturated rings. The number of hydrogen-bond donors (Lipinski definition) is 1. The summed E-state index contributed by atoms with van der Waals surface area (Å²) in [5.41, 5.74) is 5.84. The van der Waals surface area contributed by atoms with Crippen LogP contribution in [0.4, 0.5) is 0 Å². The van der Waals surface area contributed by atoms with Gasteiger partial charge in [-0.25, -0.2) is 8.42 Å². The standard InChI is InChI=1S/C15H26N4O3S/c1-12-3-2-6-19(15(12)9-16)23(20,21)14-10-17-18(11-14)13-4-7-22-8-5-13/h10-13,15H,2-9,16H2,1H3/t12-,15-/m0/s1. The Morgan fingerprint density at radius 2 is 2.09 bits per heavy atom. The maximum absolute atomic E-state index is 13.0. The largest absolute Gasteiger partial charge is 0.381 e. The smallest absolute Gasteiger partial charge is 0.246 e. The highest BCUT2D eigenvalue weighted by Gasteiger charge is 2.37. The van der Waals surface area contributed by atoms with Crippen LogP contribution in [0.2, 0.25) is 0 Å². The molecule has 1 aromatic rings. The number of rotatable bonds is 4. The van der Waals surface area contributed by atoms with E-state index < -0.39 is 10.0 Å². The average Bonchev–Trinajstić information content (AvgIpc) is 3.06. The quantitative estimate of drug-likeness (QED) is 0.881. The van der Waals surface area contributed by atoms with Crippen LogP contribution in [0.5, 0.6) is 0 Å². The van der Waals surface area contributed by atoms with E-state index in [1.807, 2.05) is 0 Å². The van der Waals surface area contributed by atoms with Gasteiger partial charge < -0.3 is 10.5 Å². The molecule has 0 unspecified atom stereocenters. The van der Waals surface area contributed by atoms with E-state index in [-0.39, 0.29) is 22.9 Å². The summed E-state index contributed by atoms with van der Waals surface area (Å²) in [6, 6.07) is 0.0958. The summed E-state index contributed by atoms with van der Waals surface area (Å²) in [5.74, 6) is 0.286. The van der Waals surface area contributed by atoms with Crippen molar-refractivity contribution in [3.05, 3.63) is 12.4 Å². The Bertz CT molecular complexity index is 624. The van der Waals surface area contributed by atoms with Crippen LogP contribution in [0.15, 0.2) is 17.3 Å². The Labute approximate surface area is 137 Å². The highest BCUT2D eigenvalue weighted by Crippen LogP contribution is 2.29. The zero-order chi connectivity index (χ0) is 16.4. The molecule has 7 nitrogen and oxygen atoms in total. The fourth-order valence-electron chi connectivity index (χ4n) is 3.60. The van der Waals surface area contributed by atoms with Crippen molar-refractivity contribution >= 4 is 10.0 Å². The molecule has 0 amide bonds.